The molecule has 0 amide bonds. The fourth-order valence-corrected chi connectivity index (χ4v) is 4.60. The SMILES string of the molecule is Cc1ccc(C(C)CCN2CCOc3ccc(CN4CCN(CCO)CC4)cc3C2)o1. The standard InChI is InChI=1S/C25H37N3O3/c1-20(24-5-3-21(2)31-24)7-8-27-14-16-30-25-6-4-22(17-23(25)19-27)18-28-11-9-26(10-12-28)13-15-29/h3-6,17,20,29H,7-16,18-19H2,1-2H3. The van der Waals surface area contributed by atoms with Crippen molar-refractivity contribution >= 4 is 0 Å². The monoisotopic (exact) mass is 427 g/mol. The minimum atomic E-state index is 0.251. The summed E-state index contributed by atoms with van der Waals surface area (Å²) in [5.41, 5.74) is 2.66. The number of fused-ring (bicyclic) bond motifs is 1. The molecule has 1 fully saturated rings. The van der Waals surface area contributed by atoms with Crippen molar-refractivity contribution in [1.29, 1.82) is 0 Å². The maximum absolute atomic E-state index is 9.13. The van der Waals surface area contributed by atoms with E-state index in [1.165, 1.54) is 11.1 Å². The molecular weight excluding hydrogens is 390 g/mol. The van der Waals surface area contributed by atoms with Crippen LogP contribution in [0.1, 0.15) is 41.9 Å². The van der Waals surface area contributed by atoms with Crippen LogP contribution in [-0.2, 0) is 13.1 Å². The molecule has 2 aliphatic heterocycles. The number of aliphatic hydroxyl groups is 1. The van der Waals surface area contributed by atoms with E-state index in [0.717, 1.165) is 89.2 Å². The Kier molecular flexibility index (Phi) is 7.67. The number of piperazine rings is 1. The van der Waals surface area contributed by atoms with Crippen molar-refractivity contribution in [2.75, 3.05) is 59.0 Å². The number of rotatable bonds is 8. The molecule has 6 nitrogen and oxygen atoms in total. The summed E-state index contributed by atoms with van der Waals surface area (Å²) < 4.78 is 11.9. The van der Waals surface area contributed by atoms with Crippen LogP contribution in [0.2, 0.25) is 0 Å². The van der Waals surface area contributed by atoms with E-state index in [9.17, 15) is 0 Å². The second-order valence-corrected chi connectivity index (χ2v) is 9.05. The van der Waals surface area contributed by atoms with Crippen molar-refractivity contribution in [3.05, 3.63) is 53.0 Å². The summed E-state index contributed by atoms with van der Waals surface area (Å²) in [5, 5.41) is 9.13. The maximum atomic E-state index is 9.13. The van der Waals surface area contributed by atoms with Crippen LogP contribution in [0.3, 0.4) is 0 Å². The number of aryl methyl sites for hydroxylation is 1. The van der Waals surface area contributed by atoms with Crippen LogP contribution in [-0.4, -0.2) is 78.8 Å². The summed E-state index contributed by atoms with van der Waals surface area (Å²) in [7, 11) is 0. The molecule has 1 unspecified atom stereocenters. The van der Waals surface area contributed by atoms with E-state index in [4.69, 9.17) is 14.3 Å². The first-order valence-electron chi connectivity index (χ1n) is 11.7. The summed E-state index contributed by atoms with van der Waals surface area (Å²) >= 11 is 0. The van der Waals surface area contributed by atoms with Crippen LogP contribution in [0.25, 0.3) is 0 Å². The van der Waals surface area contributed by atoms with Gasteiger partial charge in [-0.3, -0.25) is 14.7 Å². The van der Waals surface area contributed by atoms with Crippen LogP contribution in [0.15, 0.2) is 34.7 Å². The van der Waals surface area contributed by atoms with Gasteiger partial charge in [-0.2, -0.15) is 0 Å². The lowest BCUT2D eigenvalue weighted by atomic mass is 10.0. The molecule has 1 saturated heterocycles. The van der Waals surface area contributed by atoms with Gasteiger partial charge in [0.25, 0.3) is 0 Å². The van der Waals surface area contributed by atoms with Crippen LogP contribution in [0, 0.1) is 6.92 Å². The summed E-state index contributed by atoms with van der Waals surface area (Å²) in [4.78, 5) is 7.36. The Morgan fingerprint density at radius 3 is 2.52 bits per heavy atom. The van der Waals surface area contributed by atoms with Crippen molar-refractivity contribution in [3.63, 3.8) is 0 Å². The minimum absolute atomic E-state index is 0.251. The molecule has 0 aliphatic carbocycles. The molecule has 1 aromatic heterocycles. The van der Waals surface area contributed by atoms with Gasteiger partial charge < -0.3 is 14.3 Å². The number of hydrogen-bond donors (Lipinski definition) is 1. The lowest BCUT2D eigenvalue weighted by Gasteiger charge is -2.34. The number of benzene rings is 1. The zero-order valence-corrected chi connectivity index (χ0v) is 19.1. The third kappa shape index (κ3) is 6.10. The lowest BCUT2D eigenvalue weighted by Crippen LogP contribution is -2.46. The summed E-state index contributed by atoms with van der Waals surface area (Å²) in [6.45, 7) is 14.2. The summed E-state index contributed by atoms with van der Waals surface area (Å²) in [6.07, 6.45) is 1.08. The number of furan rings is 1. The van der Waals surface area contributed by atoms with E-state index in [1.54, 1.807) is 0 Å². The molecule has 31 heavy (non-hydrogen) atoms. The Balaban J connectivity index is 1.32. The zero-order chi connectivity index (χ0) is 21.6. The first kappa shape index (κ1) is 22.3. The molecule has 3 heterocycles. The number of nitrogens with zero attached hydrogens (tertiary/aromatic N) is 3. The Bertz CT molecular complexity index is 829. The van der Waals surface area contributed by atoms with Gasteiger partial charge in [0.15, 0.2) is 0 Å². The van der Waals surface area contributed by atoms with E-state index in [-0.39, 0.29) is 6.61 Å². The second kappa shape index (κ2) is 10.6. The average Bonchev–Trinajstić information content (AvgIpc) is 3.10. The van der Waals surface area contributed by atoms with Gasteiger partial charge in [0, 0.05) is 63.8 Å². The highest BCUT2D eigenvalue weighted by atomic mass is 16.5. The molecule has 4 rings (SSSR count). The zero-order valence-electron chi connectivity index (χ0n) is 19.1. The van der Waals surface area contributed by atoms with Crippen LogP contribution < -0.4 is 4.74 Å². The lowest BCUT2D eigenvalue weighted by molar-refractivity contribution is 0.108. The molecule has 170 valence electrons. The molecule has 0 saturated carbocycles. The Morgan fingerprint density at radius 1 is 0.968 bits per heavy atom. The van der Waals surface area contributed by atoms with E-state index in [2.05, 4.69) is 52.0 Å². The Labute approximate surface area is 186 Å². The Hall–Kier alpha value is -1.86. The van der Waals surface area contributed by atoms with Crippen molar-refractivity contribution < 1.29 is 14.3 Å². The highest BCUT2D eigenvalue weighted by Crippen LogP contribution is 2.27. The summed E-state index contributed by atoms with van der Waals surface area (Å²) in [5.74, 6) is 3.54. The van der Waals surface area contributed by atoms with E-state index < -0.39 is 0 Å². The molecule has 1 N–H and O–H groups in total. The highest BCUT2D eigenvalue weighted by Gasteiger charge is 2.20. The van der Waals surface area contributed by atoms with Crippen LogP contribution >= 0.6 is 0 Å². The molecule has 0 radical (unpaired) electrons. The highest BCUT2D eigenvalue weighted by molar-refractivity contribution is 5.38. The van der Waals surface area contributed by atoms with Crippen molar-refractivity contribution in [1.82, 2.24) is 14.7 Å². The van der Waals surface area contributed by atoms with Gasteiger partial charge in [0.2, 0.25) is 0 Å². The number of hydrogen-bond acceptors (Lipinski definition) is 6. The van der Waals surface area contributed by atoms with Gasteiger partial charge in [0.1, 0.15) is 23.9 Å². The number of aliphatic hydroxyl groups excluding tert-OH is 1. The molecule has 2 aliphatic rings. The molecule has 2 aromatic rings. The molecule has 0 spiro atoms. The predicted octanol–water partition coefficient (Wildman–Crippen LogP) is 3.09. The van der Waals surface area contributed by atoms with Gasteiger partial charge in [-0.15, -0.1) is 0 Å². The molecule has 0 bridgehead atoms. The normalized spacial score (nSPS) is 19.6. The van der Waals surface area contributed by atoms with Crippen molar-refractivity contribution in [3.8, 4) is 5.75 Å². The van der Waals surface area contributed by atoms with Gasteiger partial charge in [-0.25, -0.2) is 0 Å². The van der Waals surface area contributed by atoms with Gasteiger partial charge in [-0.05, 0) is 49.7 Å². The molecule has 6 heteroatoms. The van der Waals surface area contributed by atoms with E-state index in [1.807, 2.05) is 6.92 Å². The quantitative estimate of drug-likeness (QED) is 0.699. The van der Waals surface area contributed by atoms with E-state index >= 15 is 0 Å². The number of β-amino-alcohol motifs (C(OH)–C–C–N with tert-alkyl or cyclic N) is 1. The molecule has 1 aromatic carbocycles. The second-order valence-electron chi connectivity index (χ2n) is 9.05. The van der Waals surface area contributed by atoms with Crippen molar-refractivity contribution in [2.45, 2.75) is 39.3 Å². The smallest absolute Gasteiger partial charge is 0.123 e. The maximum Gasteiger partial charge on any atom is 0.123 e. The van der Waals surface area contributed by atoms with Gasteiger partial charge in [-0.1, -0.05) is 13.0 Å². The fourth-order valence-electron chi connectivity index (χ4n) is 4.60. The third-order valence-corrected chi connectivity index (χ3v) is 6.60. The topological polar surface area (TPSA) is 52.3 Å². The van der Waals surface area contributed by atoms with Crippen LogP contribution in [0.5, 0.6) is 5.75 Å². The minimum Gasteiger partial charge on any atom is -0.492 e. The first-order valence-corrected chi connectivity index (χ1v) is 11.7. The molecular formula is C25H37N3O3. The predicted molar refractivity (Wildman–Crippen MR) is 122 cm³/mol. The third-order valence-electron chi connectivity index (χ3n) is 6.60. The summed E-state index contributed by atoms with van der Waals surface area (Å²) in [6, 6.07) is 10.9. The first-order chi connectivity index (χ1) is 15.1. The van der Waals surface area contributed by atoms with E-state index in [0.29, 0.717) is 5.92 Å². The number of ether oxygens (including phenoxy) is 1. The average molecular weight is 428 g/mol. The largest absolute Gasteiger partial charge is 0.492 e. The van der Waals surface area contributed by atoms with Crippen molar-refractivity contribution in [2.24, 2.45) is 0 Å². The molecule has 1 atom stereocenters. The Morgan fingerprint density at radius 2 is 1.77 bits per heavy atom. The fraction of sp³-hybridized carbons (Fsp3) is 0.600. The van der Waals surface area contributed by atoms with Crippen LogP contribution in [0.4, 0.5) is 0 Å². The van der Waals surface area contributed by atoms with Gasteiger partial charge in [0.05, 0.1) is 6.61 Å². The van der Waals surface area contributed by atoms with Gasteiger partial charge >= 0.3 is 0 Å².